The van der Waals surface area contributed by atoms with Gasteiger partial charge < -0.3 is 14.2 Å². The van der Waals surface area contributed by atoms with Crippen LogP contribution < -0.4 is 14.2 Å². The van der Waals surface area contributed by atoms with E-state index in [4.69, 9.17) is 25.8 Å². The number of amides is 2. The molecule has 0 aromatic heterocycles. The molecule has 0 spiro atoms. The molecule has 6 nitrogen and oxygen atoms in total. The predicted molar refractivity (Wildman–Crippen MR) is 99.6 cm³/mol. The normalized spacial score (nSPS) is 14.8. The number of nitrogens with zero attached hydrogens (tertiary/aromatic N) is 1. The molecule has 0 atom stereocenters. The minimum atomic E-state index is -0.466. The summed E-state index contributed by atoms with van der Waals surface area (Å²) in [6.07, 6.45) is 4.35. The van der Waals surface area contributed by atoms with E-state index in [1.54, 1.807) is 24.3 Å². The first-order valence-corrected chi connectivity index (χ1v) is 8.57. The number of halogens is 1. The Balaban J connectivity index is 2.41. The standard InChI is InChI=1S/C19H22ClNO5/c1-5-13(18(22)21-8-6-7-14(20)19(21)23)9-12-10-15(24-2)17(26-4)16(11-12)25-3/h7,9-11H,5-6,8H2,1-4H3/b13-9+. The number of benzene rings is 1. The fourth-order valence-electron chi connectivity index (χ4n) is 2.71. The van der Waals surface area contributed by atoms with Crippen molar-refractivity contribution in [1.82, 2.24) is 4.90 Å². The second-order valence-electron chi connectivity index (χ2n) is 5.58. The quantitative estimate of drug-likeness (QED) is 0.709. The molecular formula is C19H22ClNO5. The predicted octanol–water partition coefficient (Wildman–Crippen LogP) is 3.39. The van der Waals surface area contributed by atoms with E-state index >= 15 is 0 Å². The summed E-state index contributed by atoms with van der Waals surface area (Å²) in [7, 11) is 4.57. The van der Waals surface area contributed by atoms with Gasteiger partial charge in [-0.25, -0.2) is 0 Å². The molecule has 1 aliphatic heterocycles. The molecule has 0 saturated carbocycles. The molecule has 140 valence electrons. The number of hydrogen-bond acceptors (Lipinski definition) is 5. The highest BCUT2D eigenvalue weighted by atomic mass is 35.5. The third-order valence-corrected chi connectivity index (χ3v) is 4.37. The van der Waals surface area contributed by atoms with Gasteiger partial charge >= 0.3 is 0 Å². The van der Waals surface area contributed by atoms with Crippen molar-refractivity contribution in [2.24, 2.45) is 0 Å². The molecule has 0 fully saturated rings. The first kappa shape index (κ1) is 19.8. The Bertz CT molecular complexity index is 744. The van der Waals surface area contributed by atoms with Crippen molar-refractivity contribution in [3.63, 3.8) is 0 Å². The summed E-state index contributed by atoms with van der Waals surface area (Å²) in [5.74, 6) is 0.631. The first-order chi connectivity index (χ1) is 12.5. The van der Waals surface area contributed by atoms with E-state index in [2.05, 4.69) is 0 Å². The molecule has 0 N–H and O–H groups in total. The van der Waals surface area contributed by atoms with Crippen molar-refractivity contribution >= 4 is 29.5 Å². The Morgan fingerprint density at radius 1 is 1.19 bits per heavy atom. The maximum absolute atomic E-state index is 12.8. The summed E-state index contributed by atoms with van der Waals surface area (Å²) in [6, 6.07) is 3.49. The highest BCUT2D eigenvalue weighted by Gasteiger charge is 2.28. The maximum Gasteiger partial charge on any atom is 0.271 e. The van der Waals surface area contributed by atoms with E-state index < -0.39 is 5.91 Å². The number of hydrogen-bond donors (Lipinski definition) is 0. The lowest BCUT2D eigenvalue weighted by atomic mass is 10.1. The molecule has 2 amide bonds. The van der Waals surface area contributed by atoms with Crippen LogP contribution in [0.3, 0.4) is 0 Å². The molecule has 7 heteroatoms. The molecule has 1 aliphatic rings. The Morgan fingerprint density at radius 3 is 2.31 bits per heavy atom. The van der Waals surface area contributed by atoms with Crippen LogP contribution in [0.4, 0.5) is 0 Å². The minimum Gasteiger partial charge on any atom is -0.493 e. The van der Waals surface area contributed by atoms with Gasteiger partial charge in [0.05, 0.1) is 21.3 Å². The van der Waals surface area contributed by atoms with Crippen molar-refractivity contribution in [2.75, 3.05) is 27.9 Å². The largest absolute Gasteiger partial charge is 0.493 e. The van der Waals surface area contributed by atoms with Crippen LogP contribution in [0.15, 0.2) is 28.8 Å². The number of methoxy groups -OCH3 is 3. The van der Waals surface area contributed by atoms with Gasteiger partial charge in [0.1, 0.15) is 5.03 Å². The molecule has 0 unspecified atom stereocenters. The van der Waals surface area contributed by atoms with E-state index in [1.807, 2.05) is 6.92 Å². The van der Waals surface area contributed by atoms with Crippen molar-refractivity contribution in [1.29, 1.82) is 0 Å². The van der Waals surface area contributed by atoms with Gasteiger partial charge in [-0.2, -0.15) is 0 Å². The van der Waals surface area contributed by atoms with Crippen LogP contribution in [0, 0.1) is 0 Å². The van der Waals surface area contributed by atoms with Gasteiger partial charge in [0, 0.05) is 12.1 Å². The smallest absolute Gasteiger partial charge is 0.271 e. The highest BCUT2D eigenvalue weighted by Crippen LogP contribution is 2.38. The lowest BCUT2D eigenvalue weighted by Crippen LogP contribution is -2.40. The van der Waals surface area contributed by atoms with Crippen molar-refractivity contribution in [2.45, 2.75) is 19.8 Å². The fourth-order valence-corrected chi connectivity index (χ4v) is 2.92. The van der Waals surface area contributed by atoms with Crippen LogP contribution in [-0.4, -0.2) is 44.6 Å². The number of carbonyl (C=O) groups excluding carboxylic acids is 2. The third kappa shape index (κ3) is 4.02. The Labute approximate surface area is 158 Å². The number of rotatable bonds is 6. The second kappa shape index (κ2) is 8.76. The SMILES string of the molecule is CC/C(=C\c1cc(OC)c(OC)c(OC)c1)C(=O)N1CCC=C(Cl)C1=O. The van der Waals surface area contributed by atoms with E-state index in [0.717, 1.165) is 0 Å². The Hall–Kier alpha value is -2.47. The summed E-state index contributed by atoms with van der Waals surface area (Å²) in [4.78, 5) is 26.1. The van der Waals surface area contributed by atoms with Gasteiger partial charge in [-0.3, -0.25) is 14.5 Å². The van der Waals surface area contributed by atoms with E-state index in [-0.39, 0.29) is 10.9 Å². The van der Waals surface area contributed by atoms with Crippen LogP contribution in [0.1, 0.15) is 25.3 Å². The molecule has 0 aliphatic carbocycles. The average Bonchev–Trinajstić information content (AvgIpc) is 2.66. The number of ether oxygens (including phenoxy) is 3. The molecule has 2 rings (SSSR count). The highest BCUT2D eigenvalue weighted by molar-refractivity contribution is 6.43. The van der Waals surface area contributed by atoms with Crippen molar-refractivity contribution < 1.29 is 23.8 Å². The molecule has 1 heterocycles. The van der Waals surface area contributed by atoms with Gasteiger partial charge in [0.25, 0.3) is 11.8 Å². The van der Waals surface area contributed by atoms with Gasteiger partial charge in [-0.05, 0) is 36.6 Å². The van der Waals surface area contributed by atoms with Gasteiger partial charge in [-0.1, -0.05) is 24.6 Å². The summed E-state index contributed by atoms with van der Waals surface area (Å²) in [5, 5.41) is 0.0767. The van der Waals surface area contributed by atoms with E-state index in [0.29, 0.717) is 47.8 Å². The van der Waals surface area contributed by atoms with Crippen LogP contribution in [0.5, 0.6) is 17.2 Å². The summed E-state index contributed by atoms with van der Waals surface area (Å²) >= 11 is 5.88. The number of imide groups is 1. The summed E-state index contributed by atoms with van der Waals surface area (Å²) in [6.45, 7) is 2.17. The first-order valence-electron chi connectivity index (χ1n) is 8.19. The summed E-state index contributed by atoms with van der Waals surface area (Å²) < 4.78 is 16.0. The van der Waals surface area contributed by atoms with Gasteiger partial charge in [0.15, 0.2) is 11.5 Å². The Morgan fingerprint density at radius 2 is 1.81 bits per heavy atom. The monoisotopic (exact) mass is 379 g/mol. The molecule has 1 aromatic carbocycles. The maximum atomic E-state index is 12.8. The van der Waals surface area contributed by atoms with Crippen LogP contribution in [0.25, 0.3) is 6.08 Å². The van der Waals surface area contributed by atoms with Crippen LogP contribution >= 0.6 is 11.6 Å². The van der Waals surface area contributed by atoms with E-state index in [1.165, 1.54) is 26.2 Å². The zero-order valence-corrected chi connectivity index (χ0v) is 16.1. The van der Waals surface area contributed by atoms with Crippen LogP contribution in [-0.2, 0) is 9.59 Å². The molecule has 0 radical (unpaired) electrons. The Kier molecular flexibility index (Phi) is 6.69. The minimum absolute atomic E-state index is 0.0767. The van der Waals surface area contributed by atoms with Gasteiger partial charge in [0.2, 0.25) is 5.75 Å². The third-order valence-electron chi connectivity index (χ3n) is 4.05. The summed E-state index contributed by atoms with van der Waals surface area (Å²) in [5.41, 5.74) is 1.19. The number of carbonyl (C=O) groups is 2. The lowest BCUT2D eigenvalue weighted by Gasteiger charge is -2.24. The molecule has 1 aromatic rings. The zero-order chi connectivity index (χ0) is 19.3. The fraction of sp³-hybridized carbons (Fsp3) is 0.368. The van der Waals surface area contributed by atoms with Crippen molar-refractivity contribution in [3.8, 4) is 17.2 Å². The molecule has 26 heavy (non-hydrogen) atoms. The molecule has 0 saturated heterocycles. The lowest BCUT2D eigenvalue weighted by molar-refractivity contribution is -0.140. The van der Waals surface area contributed by atoms with Gasteiger partial charge in [-0.15, -0.1) is 0 Å². The van der Waals surface area contributed by atoms with E-state index in [9.17, 15) is 9.59 Å². The average molecular weight is 380 g/mol. The molecular weight excluding hydrogens is 358 g/mol. The second-order valence-corrected chi connectivity index (χ2v) is 5.99. The van der Waals surface area contributed by atoms with Crippen molar-refractivity contribution in [3.05, 3.63) is 34.4 Å². The zero-order valence-electron chi connectivity index (χ0n) is 15.3. The topological polar surface area (TPSA) is 65.1 Å². The molecule has 0 bridgehead atoms. The van der Waals surface area contributed by atoms with Crippen LogP contribution in [0.2, 0.25) is 0 Å².